The molecular formula is C18H19Cl2N3O. The SMILES string of the molecule is O=C(NC1CCCCC1)c1cncc(Nc2cc(Cl)ccc2Cl)c1. The molecule has 1 aromatic heterocycles. The minimum atomic E-state index is -0.0877. The molecular weight excluding hydrogens is 345 g/mol. The number of carbonyl (C=O) groups is 1. The zero-order valence-corrected chi connectivity index (χ0v) is 14.7. The molecule has 1 amide bonds. The van der Waals surface area contributed by atoms with E-state index in [1.54, 1.807) is 36.7 Å². The maximum atomic E-state index is 12.4. The third kappa shape index (κ3) is 4.40. The first-order valence-corrected chi connectivity index (χ1v) is 8.85. The molecule has 2 aromatic rings. The lowest BCUT2D eigenvalue weighted by molar-refractivity contribution is 0.0927. The van der Waals surface area contributed by atoms with Crippen LogP contribution in [-0.2, 0) is 0 Å². The summed E-state index contributed by atoms with van der Waals surface area (Å²) in [6.45, 7) is 0. The summed E-state index contributed by atoms with van der Waals surface area (Å²) in [5, 5.41) is 7.38. The fourth-order valence-electron chi connectivity index (χ4n) is 2.90. The van der Waals surface area contributed by atoms with E-state index in [2.05, 4.69) is 15.6 Å². The lowest BCUT2D eigenvalue weighted by Gasteiger charge is -2.22. The molecule has 1 saturated carbocycles. The van der Waals surface area contributed by atoms with Crippen LogP contribution < -0.4 is 10.6 Å². The number of benzene rings is 1. The van der Waals surface area contributed by atoms with Gasteiger partial charge in [0, 0.05) is 17.3 Å². The number of nitrogens with one attached hydrogen (secondary N) is 2. The van der Waals surface area contributed by atoms with Crippen LogP contribution in [0.1, 0.15) is 42.5 Å². The van der Waals surface area contributed by atoms with E-state index in [9.17, 15) is 4.79 Å². The van der Waals surface area contributed by atoms with Crippen LogP contribution in [0.2, 0.25) is 10.0 Å². The molecule has 1 heterocycles. The van der Waals surface area contributed by atoms with Gasteiger partial charge >= 0.3 is 0 Å². The maximum Gasteiger partial charge on any atom is 0.253 e. The molecule has 0 unspecified atom stereocenters. The fraction of sp³-hybridized carbons (Fsp3) is 0.333. The van der Waals surface area contributed by atoms with Crippen molar-refractivity contribution in [1.29, 1.82) is 0 Å². The fourth-order valence-corrected chi connectivity index (χ4v) is 3.23. The number of hydrogen-bond acceptors (Lipinski definition) is 3. The first-order chi connectivity index (χ1) is 11.6. The molecule has 0 saturated heterocycles. The average Bonchev–Trinajstić information content (AvgIpc) is 2.59. The van der Waals surface area contributed by atoms with E-state index < -0.39 is 0 Å². The van der Waals surface area contributed by atoms with Crippen molar-refractivity contribution < 1.29 is 4.79 Å². The van der Waals surface area contributed by atoms with Gasteiger partial charge in [0.25, 0.3) is 5.91 Å². The summed E-state index contributed by atoms with van der Waals surface area (Å²) >= 11 is 12.2. The summed E-state index contributed by atoms with van der Waals surface area (Å²) in [5.41, 5.74) is 1.90. The molecule has 1 aliphatic rings. The smallest absolute Gasteiger partial charge is 0.253 e. The van der Waals surface area contributed by atoms with Crippen molar-refractivity contribution >= 4 is 40.5 Å². The number of hydrogen-bond donors (Lipinski definition) is 2. The average molecular weight is 364 g/mol. The molecule has 1 aliphatic carbocycles. The molecule has 24 heavy (non-hydrogen) atoms. The molecule has 2 N–H and O–H groups in total. The van der Waals surface area contributed by atoms with Gasteiger partial charge in [0.2, 0.25) is 0 Å². The minimum Gasteiger partial charge on any atom is -0.353 e. The Hall–Kier alpha value is -1.78. The zero-order chi connectivity index (χ0) is 16.9. The Balaban J connectivity index is 1.71. The van der Waals surface area contributed by atoms with Gasteiger partial charge in [-0.3, -0.25) is 9.78 Å². The van der Waals surface area contributed by atoms with E-state index in [1.165, 1.54) is 19.3 Å². The summed E-state index contributed by atoms with van der Waals surface area (Å²) in [6.07, 6.45) is 8.94. The van der Waals surface area contributed by atoms with Gasteiger partial charge in [0.05, 0.1) is 28.2 Å². The topological polar surface area (TPSA) is 54.0 Å². The van der Waals surface area contributed by atoms with Crippen molar-refractivity contribution in [2.45, 2.75) is 38.1 Å². The standard InChI is InChI=1S/C18H19Cl2N3O/c19-13-6-7-16(20)17(9-13)22-15-8-12(10-21-11-15)18(24)23-14-4-2-1-3-5-14/h6-11,14,22H,1-5H2,(H,23,24). The lowest BCUT2D eigenvalue weighted by atomic mass is 9.95. The first-order valence-electron chi connectivity index (χ1n) is 8.10. The molecule has 0 bridgehead atoms. The second kappa shape index (κ2) is 7.86. The second-order valence-electron chi connectivity index (χ2n) is 6.02. The van der Waals surface area contributed by atoms with E-state index in [1.807, 2.05) is 0 Å². The number of anilines is 2. The largest absolute Gasteiger partial charge is 0.353 e. The number of carbonyl (C=O) groups excluding carboxylic acids is 1. The van der Waals surface area contributed by atoms with Crippen molar-refractivity contribution in [2.75, 3.05) is 5.32 Å². The van der Waals surface area contributed by atoms with Crippen LogP contribution in [0.3, 0.4) is 0 Å². The summed E-state index contributed by atoms with van der Waals surface area (Å²) in [7, 11) is 0. The van der Waals surface area contributed by atoms with Crippen molar-refractivity contribution in [2.24, 2.45) is 0 Å². The molecule has 0 atom stereocenters. The zero-order valence-electron chi connectivity index (χ0n) is 13.2. The van der Waals surface area contributed by atoms with E-state index in [0.717, 1.165) is 12.8 Å². The van der Waals surface area contributed by atoms with Crippen LogP contribution in [0.15, 0.2) is 36.7 Å². The quantitative estimate of drug-likeness (QED) is 0.785. The summed E-state index contributed by atoms with van der Waals surface area (Å²) in [6, 6.07) is 7.21. The first kappa shape index (κ1) is 17.1. The molecule has 0 radical (unpaired) electrons. The van der Waals surface area contributed by atoms with Gasteiger partial charge in [-0.2, -0.15) is 0 Å². The summed E-state index contributed by atoms with van der Waals surface area (Å²) in [4.78, 5) is 16.6. The Bertz CT molecular complexity index is 730. The van der Waals surface area contributed by atoms with Crippen LogP contribution in [0.25, 0.3) is 0 Å². The number of aromatic nitrogens is 1. The van der Waals surface area contributed by atoms with E-state index >= 15 is 0 Å². The predicted octanol–water partition coefficient (Wildman–Crippen LogP) is 5.19. The Morgan fingerprint density at radius 2 is 1.88 bits per heavy atom. The van der Waals surface area contributed by atoms with Gasteiger partial charge in [0.15, 0.2) is 0 Å². The third-order valence-electron chi connectivity index (χ3n) is 4.15. The van der Waals surface area contributed by atoms with Gasteiger partial charge < -0.3 is 10.6 Å². The Labute approximate surface area is 151 Å². The van der Waals surface area contributed by atoms with Crippen LogP contribution in [-0.4, -0.2) is 16.9 Å². The second-order valence-corrected chi connectivity index (χ2v) is 6.86. The molecule has 0 spiro atoms. The number of amides is 1. The van der Waals surface area contributed by atoms with E-state index in [0.29, 0.717) is 27.0 Å². The van der Waals surface area contributed by atoms with Crippen LogP contribution >= 0.6 is 23.2 Å². The Morgan fingerprint density at radius 3 is 2.67 bits per heavy atom. The van der Waals surface area contributed by atoms with Crippen LogP contribution in [0.5, 0.6) is 0 Å². The molecule has 1 aromatic carbocycles. The predicted molar refractivity (Wildman–Crippen MR) is 98.3 cm³/mol. The maximum absolute atomic E-state index is 12.4. The number of rotatable bonds is 4. The highest BCUT2D eigenvalue weighted by Gasteiger charge is 2.17. The van der Waals surface area contributed by atoms with Gasteiger partial charge in [-0.15, -0.1) is 0 Å². The highest BCUT2D eigenvalue weighted by molar-refractivity contribution is 6.35. The minimum absolute atomic E-state index is 0.0877. The summed E-state index contributed by atoms with van der Waals surface area (Å²) < 4.78 is 0. The molecule has 1 fully saturated rings. The Kier molecular flexibility index (Phi) is 5.59. The highest BCUT2D eigenvalue weighted by Crippen LogP contribution is 2.28. The number of halogens is 2. The van der Waals surface area contributed by atoms with Crippen molar-refractivity contribution in [3.63, 3.8) is 0 Å². The normalized spacial score (nSPS) is 15.1. The van der Waals surface area contributed by atoms with Gasteiger partial charge in [0.1, 0.15) is 0 Å². The van der Waals surface area contributed by atoms with Gasteiger partial charge in [-0.05, 0) is 37.1 Å². The Morgan fingerprint density at radius 1 is 1.08 bits per heavy atom. The van der Waals surface area contributed by atoms with Crippen LogP contribution in [0, 0.1) is 0 Å². The molecule has 126 valence electrons. The third-order valence-corrected chi connectivity index (χ3v) is 4.71. The molecule has 3 rings (SSSR count). The molecule has 6 heteroatoms. The number of pyridine rings is 1. The summed E-state index contributed by atoms with van der Waals surface area (Å²) in [5.74, 6) is -0.0877. The monoisotopic (exact) mass is 363 g/mol. The molecule has 4 nitrogen and oxygen atoms in total. The van der Waals surface area contributed by atoms with E-state index in [4.69, 9.17) is 23.2 Å². The highest BCUT2D eigenvalue weighted by atomic mass is 35.5. The van der Waals surface area contributed by atoms with Gasteiger partial charge in [-0.1, -0.05) is 42.5 Å². The lowest BCUT2D eigenvalue weighted by Crippen LogP contribution is -2.36. The van der Waals surface area contributed by atoms with E-state index in [-0.39, 0.29) is 11.9 Å². The van der Waals surface area contributed by atoms with Crippen molar-refractivity contribution in [3.8, 4) is 0 Å². The van der Waals surface area contributed by atoms with Crippen molar-refractivity contribution in [1.82, 2.24) is 10.3 Å². The van der Waals surface area contributed by atoms with Gasteiger partial charge in [-0.25, -0.2) is 0 Å². The number of nitrogens with zero attached hydrogens (tertiary/aromatic N) is 1. The molecule has 0 aliphatic heterocycles. The van der Waals surface area contributed by atoms with Crippen molar-refractivity contribution in [3.05, 3.63) is 52.3 Å². The van der Waals surface area contributed by atoms with Crippen LogP contribution in [0.4, 0.5) is 11.4 Å².